The fourth-order valence-electron chi connectivity index (χ4n) is 19.2. The summed E-state index contributed by atoms with van der Waals surface area (Å²) in [5, 5.41) is 5.41. The molecule has 17 rings (SSSR count). The first kappa shape index (κ1) is 36.8. The number of nitrogens with zero attached hydrogens (tertiary/aromatic N) is 4. The Morgan fingerprint density at radius 2 is 0.939 bits per heavy atom. The van der Waals surface area contributed by atoms with Crippen LogP contribution in [0, 0.1) is 23.7 Å². The molecule has 0 amide bonds. The topological polar surface area (TPSA) is 24.9 Å². The molecule has 2 saturated carbocycles. The van der Waals surface area contributed by atoms with Crippen LogP contribution >= 0.6 is 0 Å². The summed E-state index contributed by atoms with van der Waals surface area (Å²) in [4.78, 5) is 6.05. The number of anilines is 2. The van der Waals surface area contributed by atoms with E-state index in [-0.39, 0.29) is 23.3 Å². The van der Waals surface area contributed by atoms with Gasteiger partial charge in [0.1, 0.15) is 50.7 Å². The number of piperidine rings is 2. The highest BCUT2D eigenvalue weighted by molar-refractivity contribution is 5.84. The molecule has 14 atom stereocenters. The third-order valence-electron chi connectivity index (χ3n) is 21.1. The van der Waals surface area contributed by atoms with E-state index in [0.29, 0.717) is 61.1 Å². The number of para-hydroxylation sites is 2. The number of rotatable bonds is 4. The van der Waals surface area contributed by atoms with Gasteiger partial charge in [-0.05, 0) is 68.1 Å². The van der Waals surface area contributed by atoms with Gasteiger partial charge in [-0.3, -0.25) is 0 Å². The predicted octanol–water partition coefficient (Wildman–Crippen LogP) is 10.0. The maximum absolute atomic E-state index is 7.75. The number of quaternary nitrogens is 2. The average Bonchev–Trinajstić information content (AvgIpc) is 3.97. The summed E-state index contributed by atoms with van der Waals surface area (Å²) < 4.78 is 17.8. The lowest BCUT2D eigenvalue weighted by molar-refractivity contribution is -0.955. The van der Waals surface area contributed by atoms with E-state index in [1.807, 2.05) is 0 Å². The van der Waals surface area contributed by atoms with Crippen molar-refractivity contribution in [3.63, 3.8) is 0 Å². The molecule has 6 aromatic carbocycles. The molecule has 0 aromatic heterocycles. The molecule has 7 fully saturated rings. The number of hydrogen-bond acceptors (Lipinski definition) is 4. The lowest BCUT2D eigenvalue weighted by atomic mass is 9.52. The van der Waals surface area contributed by atoms with Crippen molar-refractivity contribution < 1.29 is 18.4 Å². The maximum Gasteiger partial charge on any atom is 0.136 e. The van der Waals surface area contributed by atoms with Gasteiger partial charge in [0.05, 0.1) is 49.2 Å². The van der Waals surface area contributed by atoms with Crippen molar-refractivity contribution in [1.82, 2.24) is 0 Å². The van der Waals surface area contributed by atoms with Gasteiger partial charge in [0, 0.05) is 71.9 Å². The molecule has 0 radical (unpaired) electrons. The van der Waals surface area contributed by atoms with Crippen molar-refractivity contribution in [2.45, 2.75) is 86.2 Å². The van der Waals surface area contributed by atoms with Crippen molar-refractivity contribution in [3.8, 4) is 0 Å². The molecular weight excluding hydrogens is 809 g/mol. The zero-order valence-corrected chi connectivity index (χ0v) is 37.7. The molecule has 0 N–H and O–H groups in total. The summed E-state index contributed by atoms with van der Waals surface area (Å²) in [6.45, 7) is 8.31. The second-order valence-corrected chi connectivity index (χ2v) is 23.1. The molecule has 6 nitrogen and oxygen atoms in total. The van der Waals surface area contributed by atoms with E-state index >= 15 is 0 Å². The van der Waals surface area contributed by atoms with E-state index in [4.69, 9.17) is 9.47 Å². The Morgan fingerprint density at radius 3 is 1.42 bits per heavy atom. The van der Waals surface area contributed by atoms with Crippen LogP contribution in [0.15, 0.2) is 157 Å². The van der Waals surface area contributed by atoms with Gasteiger partial charge in [0.25, 0.3) is 0 Å². The number of hydrogen-bond donors (Lipinski definition) is 0. The predicted molar refractivity (Wildman–Crippen MR) is 260 cm³/mol. The Labute approximate surface area is 387 Å². The third kappa shape index (κ3) is 4.25. The van der Waals surface area contributed by atoms with Crippen LogP contribution in [0.1, 0.15) is 47.9 Å². The van der Waals surface area contributed by atoms with E-state index in [1.54, 1.807) is 22.3 Å². The lowest BCUT2D eigenvalue weighted by Crippen LogP contribution is -2.78. The molecule has 11 aliphatic rings. The highest BCUT2D eigenvalue weighted by Crippen LogP contribution is 2.73. The van der Waals surface area contributed by atoms with Crippen molar-refractivity contribution in [3.05, 3.63) is 179 Å². The molecule has 328 valence electrons. The Morgan fingerprint density at radius 1 is 0.500 bits per heavy atom. The van der Waals surface area contributed by atoms with E-state index in [9.17, 15) is 0 Å². The number of benzene rings is 6. The lowest BCUT2D eigenvalue weighted by Gasteiger charge is -2.65. The number of ether oxygens (including phenoxy) is 2. The van der Waals surface area contributed by atoms with E-state index < -0.39 is 0 Å². The highest BCUT2D eigenvalue weighted by Gasteiger charge is 2.81. The fraction of sp³-hybridized carbons (Fsp3) is 0.400. The second-order valence-electron chi connectivity index (χ2n) is 23.1. The summed E-state index contributed by atoms with van der Waals surface area (Å²) >= 11 is 0. The Hall–Kier alpha value is -5.24. The second kappa shape index (κ2) is 12.4. The summed E-state index contributed by atoms with van der Waals surface area (Å²) in [5.74, 6) is 1.61. The highest BCUT2D eigenvalue weighted by atomic mass is 16.5. The van der Waals surface area contributed by atoms with Gasteiger partial charge >= 0.3 is 0 Å². The first-order valence-corrected chi connectivity index (χ1v) is 25.6. The van der Waals surface area contributed by atoms with Crippen LogP contribution in [0.4, 0.5) is 11.4 Å². The third-order valence-corrected chi connectivity index (χ3v) is 21.1. The molecule has 5 saturated heterocycles. The summed E-state index contributed by atoms with van der Waals surface area (Å²) in [5.41, 5.74) is 12.6. The minimum atomic E-state index is -0.00607. The van der Waals surface area contributed by atoms with Crippen LogP contribution < -0.4 is 9.80 Å². The quantitative estimate of drug-likeness (QED) is 0.130. The van der Waals surface area contributed by atoms with Gasteiger partial charge in [-0.25, -0.2) is 0 Å². The molecule has 4 bridgehead atoms. The number of fused-ring (bicyclic) bond motifs is 8. The SMILES string of the molecule is C1=C2C[N+]3(Cc4ccc5ccccc5c4)CC[C@]45c6ccccc6N6[C@@H]7OCC=C8C[N+]9(Cc%10ccc%11ccccc%11c%10)CC[C@]%10%11c%12ccccc%12N([C@H](OC1)[C@@H]([C@H]64)[C@H]2C[C@@H]53)[C@H]%10[C@H]7[C@H]8C[C@@H]%119. The van der Waals surface area contributed by atoms with E-state index in [1.165, 1.54) is 82.8 Å². The molecule has 9 aliphatic heterocycles. The fourth-order valence-corrected chi connectivity index (χ4v) is 19.2. The molecule has 2 aliphatic carbocycles. The van der Waals surface area contributed by atoms with Gasteiger partial charge < -0.3 is 28.2 Å². The van der Waals surface area contributed by atoms with Crippen LogP contribution in [0.25, 0.3) is 21.5 Å². The van der Waals surface area contributed by atoms with Crippen molar-refractivity contribution in [2.75, 3.05) is 49.2 Å². The molecule has 66 heavy (non-hydrogen) atoms. The first-order chi connectivity index (χ1) is 32.6. The molecular formula is C60H58N4O2+2. The molecule has 6 aromatic rings. The molecule has 2 spiro atoms. The minimum absolute atomic E-state index is 0.00607. The Kier molecular flexibility index (Phi) is 6.94. The van der Waals surface area contributed by atoms with Crippen LogP contribution in [-0.4, -0.2) is 85.0 Å². The minimum Gasteiger partial charge on any atom is -0.354 e. The molecule has 9 heterocycles. The van der Waals surface area contributed by atoms with Gasteiger partial charge in [0.15, 0.2) is 0 Å². The largest absolute Gasteiger partial charge is 0.354 e. The zero-order valence-electron chi connectivity index (χ0n) is 37.7. The summed E-state index contributed by atoms with van der Waals surface area (Å²) in [7, 11) is 0. The standard InChI is InChI=1S/C60H58N4O2/c1-3-11-41-29-37(17-19-39(41)9-1)33-63-25-23-59-47-13-5-7-15-49(47)61-55(59)53-45(31-51(59)63)43(35-63)21-27-65-57(53)62-50-16-8-6-14-48(50)60-24-26-64(34-38-18-20-40-10-2-4-12-42(40)30-38)36-44-22-28-66-58(61)54(56(60)62)46(44)32-52(60)64/h1-22,29-30,45-46,51-58H,23-28,31-36H2/q+2/t45-,46-,51-,52-,53+,54+,55-,56-,57+,58+,59+,60+,63?,64?/m0/s1. The van der Waals surface area contributed by atoms with Crippen LogP contribution in [0.3, 0.4) is 0 Å². The molecule has 2 unspecified atom stereocenters. The smallest absolute Gasteiger partial charge is 0.136 e. The van der Waals surface area contributed by atoms with E-state index in [0.717, 1.165) is 35.1 Å². The summed E-state index contributed by atoms with van der Waals surface area (Å²) in [6, 6.07) is 53.9. The maximum atomic E-state index is 7.75. The monoisotopic (exact) mass is 866 g/mol. The first-order valence-electron chi connectivity index (χ1n) is 25.6. The van der Waals surface area contributed by atoms with Crippen LogP contribution in [0.5, 0.6) is 0 Å². The molecule has 6 heteroatoms. The summed E-state index contributed by atoms with van der Waals surface area (Å²) in [6.07, 6.45) is 10.1. The Bertz CT molecular complexity index is 2970. The van der Waals surface area contributed by atoms with Gasteiger partial charge in [0.2, 0.25) is 0 Å². The van der Waals surface area contributed by atoms with Gasteiger partial charge in [-0.2, -0.15) is 0 Å². The normalized spacial score (nSPS) is 40.8. The van der Waals surface area contributed by atoms with Crippen LogP contribution in [0.2, 0.25) is 0 Å². The van der Waals surface area contributed by atoms with Gasteiger partial charge in [-0.15, -0.1) is 0 Å². The van der Waals surface area contributed by atoms with Crippen molar-refractivity contribution >= 4 is 32.9 Å². The van der Waals surface area contributed by atoms with Crippen LogP contribution in [-0.2, 0) is 33.4 Å². The average molecular weight is 867 g/mol. The zero-order chi connectivity index (χ0) is 42.7. The van der Waals surface area contributed by atoms with E-state index in [2.05, 4.69) is 155 Å². The Balaban J connectivity index is 0.866. The van der Waals surface area contributed by atoms with Gasteiger partial charge in [-0.1, -0.05) is 121 Å². The van der Waals surface area contributed by atoms with Crippen molar-refractivity contribution in [1.29, 1.82) is 0 Å². The van der Waals surface area contributed by atoms with Crippen molar-refractivity contribution in [2.24, 2.45) is 23.7 Å².